The predicted octanol–water partition coefficient (Wildman–Crippen LogP) is 1.69. The van der Waals surface area contributed by atoms with Gasteiger partial charge in [-0.25, -0.2) is 9.78 Å². The van der Waals surface area contributed by atoms with Crippen LogP contribution in [0.4, 0.5) is 11.5 Å². The average molecular weight is 295 g/mol. The van der Waals surface area contributed by atoms with Gasteiger partial charge in [-0.05, 0) is 19.8 Å². The molecule has 1 aliphatic heterocycles. The van der Waals surface area contributed by atoms with Crippen LogP contribution in [0.5, 0.6) is 0 Å². The lowest BCUT2D eigenvalue weighted by Crippen LogP contribution is -2.48. The van der Waals surface area contributed by atoms with Gasteiger partial charge in [0.1, 0.15) is 17.6 Å². The van der Waals surface area contributed by atoms with Crippen molar-refractivity contribution in [3.63, 3.8) is 0 Å². The van der Waals surface area contributed by atoms with Crippen molar-refractivity contribution in [1.82, 2.24) is 4.98 Å². The largest absolute Gasteiger partial charge is 0.478 e. The van der Waals surface area contributed by atoms with Crippen molar-refractivity contribution < 1.29 is 19.6 Å². The number of nitro groups is 1. The van der Waals surface area contributed by atoms with Crippen molar-refractivity contribution in [2.75, 3.05) is 25.1 Å². The standard InChI is InChI=1S/C13H17N3O5/c1-13(21-2)4-3-5-15(8-13)11-10(12(17)18)6-9(7-14-11)16(19)20/h6-7H,3-5,8H2,1-2H3,(H,17,18). The minimum absolute atomic E-state index is 0.162. The summed E-state index contributed by atoms with van der Waals surface area (Å²) in [6.07, 6.45) is 2.79. The maximum absolute atomic E-state index is 11.3. The van der Waals surface area contributed by atoms with E-state index in [1.165, 1.54) is 0 Å². The highest BCUT2D eigenvalue weighted by Gasteiger charge is 2.33. The Morgan fingerprint density at radius 2 is 2.33 bits per heavy atom. The number of methoxy groups -OCH3 is 1. The van der Waals surface area contributed by atoms with Gasteiger partial charge in [-0.1, -0.05) is 0 Å². The molecular formula is C13H17N3O5. The van der Waals surface area contributed by atoms with Crippen molar-refractivity contribution in [2.24, 2.45) is 0 Å². The van der Waals surface area contributed by atoms with E-state index in [9.17, 15) is 20.0 Å². The summed E-state index contributed by atoms with van der Waals surface area (Å²) in [6, 6.07) is 1.05. The molecule has 0 amide bonds. The highest BCUT2D eigenvalue weighted by Crippen LogP contribution is 2.30. The number of nitrogens with zero attached hydrogens (tertiary/aromatic N) is 3. The molecule has 2 heterocycles. The first-order valence-electron chi connectivity index (χ1n) is 6.54. The summed E-state index contributed by atoms with van der Waals surface area (Å²) in [5.41, 5.74) is -0.871. The summed E-state index contributed by atoms with van der Waals surface area (Å²) in [7, 11) is 1.62. The van der Waals surface area contributed by atoms with Gasteiger partial charge in [0.2, 0.25) is 0 Å². The maximum atomic E-state index is 11.3. The van der Waals surface area contributed by atoms with Crippen molar-refractivity contribution in [2.45, 2.75) is 25.4 Å². The fourth-order valence-electron chi connectivity index (χ4n) is 2.51. The summed E-state index contributed by atoms with van der Waals surface area (Å²) in [5.74, 6) is -0.984. The molecule has 21 heavy (non-hydrogen) atoms. The molecular weight excluding hydrogens is 278 g/mol. The second-order valence-electron chi connectivity index (χ2n) is 5.31. The van der Waals surface area contributed by atoms with Crippen LogP contribution < -0.4 is 4.90 Å². The third kappa shape index (κ3) is 3.10. The van der Waals surface area contributed by atoms with Crippen molar-refractivity contribution in [1.29, 1.82) is 0 Å². The van der Waals surface area contributed by atoms with E-state index in [-0.39, 0.29) is 22.7 Å². The molecule has 0 aromatic carbocycles. The van der Waals surface area contributed by atoms with Gasteiger partial charge in [-0.3, -0.25) is 10.1 Å². The Morgan fingerprint density at radius 3 is 2.90 bits per heavy atom. The van der Waals surface area contributed by atoms with E-state index in [1.54, 1.807) is 12.0 Å². The molecule has 1 saturated heterocycles. The normalized spacial score (nSPS) is 22.1. The van der Waals surface area contributed by atoms with Crippen LogP contribution in [0.3, 0.4) is 0 Å². The molecule has 114 valence electrons. The number of aromatic carboxylic acids is 1. The Bertz CT molecular complexity index is 577. The minimum Gasteiger partial charge on any atom is -0.478 e. The van der Waals surface area contributed by atoms with Gasteiger partial charge in [0.25, 0.3) is 5.69 Å². The van der Waals surface area contributed by atoms with E-state index >= 15 is 0 Å². The topological polar surface area (TPSA) is 106 Å². The molecule has 1 fully saturated rings. The van der Waals surface area contributed by atoms with Crippen LogP contribution in [0.1, 0.15) is 30.1 Å². The number of carbonyl (C=O) groups is 1. The number of anilines is 1. The molecule has 1 aliphatic rings. The lowest BCUT2D eigenvalue weighted by Gasteiger charge is -2.40. The number of carboxylic acids is 1. The third-order valence-corrected chi connectivity index (χ3v) is 3.74. The monoisotopic (exact) mass is 295 g/mol. The van der Waals surface area contributed by atoms with Crippen molar-refractivity contribution >= 4 is 17.5 Å². The van der Waals surface area contributed by atoms with Gasteiger partial charge >= 0.3 is 5.97 Å². The van der Waals surface area contributed by atoms with Crippen LogP contribution in [-0.4, -0.2) is 46.8 Å². The summed E-state index contributed by atoms with van der Waals surface area (Å²) in [6.45, 7) is 3.09. The molecule has 8 nitrogen and oxygen atoms in total. The van der Waals surface area contributed by atoms with E-state index in [1.807, 2.05) is 6.92 Å². The fourth-order valence-corrected chi connectivity index (χ4v) is 2.51. The minimum atomic E-state index is -1.23. The second kappa shape index (κ2) is 5.65. The van der Waals surface area contributed by atoms with Gasteiger partial charge in [-0.15, -0.1) is 0 Å². The van der Waals surface area contributed by atoms with Crippen LogP contribution in [0.25, 0.3) is 0 Å². The molecule has 0 radical (unpaired) electrons. The molecule has 1 aromatic heterocycles. The highest BCUT2D eigenvalue weighted by molar-refractivity contribution is 5.94. The molecule has 8 heteroatoms. The Morgan fingerprint density at radius 1 is 1.62 bits per heavy atom. The Hall–Kier alpha value is -2.22. The number of aromatic nitrogens is 1. The van der Waals surface area contributed by atoms with E-state index in [2.05, 4.69) is 4.98 Å². The highest BCUT2D eigenvalue weighted by atomic mass is 16.6. The fraction of sp³-hybridized carbons (Fsp3) is 0.538. The van der Waals surface area contributed by atoms with Crippen LogP contribution in [-0.2, 0) is 4.74 Å². The smallest absolute Gasteiger partial charge is 0.339 e. The molecule has 1 aromatic rings. The van der Waals surface area contributed by atoms with Crippen molar-refractivity contribution in [3.05, 3.63) is 27.9 Å². The van der Waals surface area contributed by atoms with E-state index in [4.69, 9.17) is 4.74 Å². The summed E-state index contributed by atoms with van der Waals surface area (Å²) >= 11 is 0. The summed E-state index contributed by atoms with van der Waals surface area (Å²) in [4.78, 5) is 27.2. The predicted molar refractivity (Wildman–Crippen MR) is 74.7 cm³/mol. The first-order valence-corrected chi connectivity index (χ1v) is 6.54. The molecule has 0 saturated carbocycles. The Labute approximate surface area is 121 Å². The van der Waals surface area contributed by atoms with Crippen LogP contribution >= 0.6 is 0 Å². The van der Waals surface area contributed by atoms with Gasteiger partial charge in [0.05, 0.1) is 10.5 Å². The first kappa shape index (κ1) is 15.2. The van der Waals surface area contributed by atoms with Gasteiger partial charge in [-0.2, -0.15) is 0 Å². The van der Waals surface area contributed by atoms with E-state index in [0.29, 0.717) is 13.1 Å². The molecule has 0 aliphatic carbocycles. The zero-order chi connectivity index (χ0) is 15.6. The summed E-state index contributed by atoms with van der Waals surface area (Å²) in [5, 5.41) is 20.0. The van der Waals surface area contributed by atoms with E-state index in [0.717, 1.165) is 25.1 Å². The lowest BCUT2D eigenvalue weighted by molar-refractivity contribution is -0.385. The lowest BCUT2D eigenvalue weighted by atomic mass is 9.94. The number of piperidine rings is 1. The zero-order valence-corrected chi connectivity index (χ0v) is 11.9. The third-order valence-electron chi connectivity index (χ3n) is 3.74. The zero-order valence-electron chi connectivity index (χ0n) is 11.9. The van der Waals surface area contributed by atoms with Gasteiger partial charge < -0.3 is 14.7 Å². The SMILES string of the molecule is COC1(C)CCCN(c2ncc([N+](=O)[O-])cc2C(=O)O)C1. The van der Waals surface area contributed by atoms with Crippen LogP contribution in [0.15, 0.2) is 12.3 Å². The number of rotatable bonds is 4. The first-order chi connectivity index (χ1) is 9.86. The molecule has 1 unspecified atom stereocenters. The average Bonchev–Trinajstić information content (AvgIpc) is 2.46. The Balaban J connectivity index is 2.39. The number of ether oxygens (including phenoxy) is 1. The number of carboxylic acid groups (broad SMARTS) is 1. The van der Waals surface area contributed by atoms with Crippen LogP contribution in [0.2, 0.25) is 0 Å². The van der Waals surface area contributed by atoms with E-state index < -0.39 is 10.9 Å². The number of hydrogen-bond acceptors (Lipinski definition) is 6. The summed E-state index contributed by atoms with van der Waals surface area (Å²) < 4.78 is 5.47. The number of pyridine rings is 1. The molecule has 0 bridgehead atoms. The van der Waals surface area contributed by atoms with Gasteiger partial charge in [0.15, 0.2) is 0 Å². The van der Waals surface area contributed by atoms with Crippen LogP contribution in [0, 0.1) is 10.1 Å². The van der Waals surface area contributed by atoms with Gasteiger partial charge in [0, 0.05) is 26.3 Å². The van der Waals surface area contributed by atoms with Crippen molar-refractivity contribution in [3.8, 4) is 0 Å². The molecule has 1 N–H and O–H groups in total. The molecule has 2 rings (SSSR count). The molecule has 0 spiro atoms. The quantitative estimate of drug-likeness (QED) is 0.665. The second-order valence-corrected chi connectivity index (χ2v) is 5.31. The molecule has 1 atom stereocenters. The number of hydrogen-bond donors (Lipinski definition) is 1. The Kier molecular flexibility index (Phi) is 4.08. The maximum Gasteiger partial charge on any atom is 0.339 e.